The van der Waals surface area contributed by atoms with Crippen molar-refractivity contribution >= 4 is 29.2 Å². The summed E-state index contributed by atoms with van der Waals surface area (Å²) in [5, 5.41) is 5.46. The number of nitrogens with one attached hydrogen (secondary N) is 2. The number of nitrogens with zero attached hydrogens (tertiary/aromatic N) is 2. The van der Waals surface area contributed by atoms with Crippen LogP contribution in [0.3, 0.4) is 0 Å². The average molecular weight is 599 g/mol. The molecule has 2 bridgehead atoms. The van der Waals surface area contributed by atoms with Crippen LogP contribution in [-0.4, -0.2) is 73.6 Å². The fraction of sp³-hybridized carbons (Fsp3) is 0.536. The Hall–Kier alpha value is -3.25. The van der Waals surface area contributed by atoms with Gasteiger partial charge in [-0.1, -0.05) is 17.7 Å². The Bertz CT molecular complexity index is 1230. The summed E-state index contributed by atoms with van der Waals surface area (Å²) in [6, 6.07) is 9.69. The van der Waals surface area contributed by atoms with Crippen molar-refractivity contribution in [2.24, 2.45) is 0 Å². The number of ether oxygens (including phenoxy) is 3. The van der Waals surface area contributed by atoms with E-state index in [-0.39, 0.29) is 36.3 Å². The first kappa shape index (κ1) is 30.7. The molecule has 2 saturated heterocycles. The number of piperidine rings is 1. The highest BCUT2D eigenvalue weighted by atomic mass is 35.5. The number of anilines is 1. The van der Waals surface area contributed by atoms with E-state index in [1.165, 1.54) is 6.07 Å². The van der Waals surface area contributed by atoms with Gasteiger partial charge in [0.1, 0.15) is 24.7 Å². The molecule has 41 heavy (non-hydrogen) atoms. The first-order chi connectivity index (χ1) is 19.4. The minimum absolute atomic E-state index is 0.0566. The second-order valence-electron chi connectivity index (χ2n) is 10.7. The third-order valence-corrected chi connectivity index (χ3v) is 7.35. The molecule has 2 aliphatic rings. The summed E-state index contributed by atoms with van der Waals surface area (Å²) in [5.74, 6) is 0.159. The topological polar surface area (TPSA) is 102 Å². The smallest absolute Gasteiger partial charge is 0.405 e. The van der Waals surface area contributed by atoms with Crippen LogP contribution < -0.4 is 25.0 Å². The molecule has 0 spiro atoms. The lowest BCUT2D eigenvalue weighted by Gasteiger charge is -2.41. The number of hydrogen-bond acceptors (Lipinski definition) is 7. The fourth-order valence-corrected chi connectivity index (χ4v) is 5.39. The maximum atomic E-state index is 13.3. The standard InChI is InChI=1S/C28H34ClF3N4O5/c1-27(2,41-22-10-7-17(29)13-23(22)40-12-11-39-3)26(38)34-18-14-19-8-9-20(15-18)36(19)24-6-4-5-21(35-24)25(37)33-16-28(30,31)32/h4-7,10,13,18-20H,8-9,11-12,14-16H2,1-3H3,(H,33,37)(H,34,38)/t18-,19+,20-. The van der Waals surface area contributed by atoms with Crippen LogP contribution in [0, 0.1) is 0 Å². The van der Waals surface area contributed by atoms with Crippen LogP contribution in [0.15, 0.2) is 36.4 Å². The lowest BCUT2D eigenvalue weighted by Crippen LogP contribution is -2.55. The minimum Gasteiger partial charge on any atom is -0.487 e. The van der Waals surface area contributed by atoms with Crippen molar-refractivity contribution in [3.05, 3.63) is 47.1 Å². The van der Waals surface area contributed by atoms with Gasteiger partial charge in [-0.3, -0.25) is 9.59 Å². The van der Waals surface area contributed by atoms with E-state index in [1.807, 2.05) is 5.32 Å². The number of benzene rings is 1. The van der Waals surface area contributed by atoms with E-state index in [0.29, 0.717) is 41.8 Å². The summed E-state index contributed by atoms with van der Waals surface area (Å²) in [6.45, 7) is 2.60. The molecular weight excluding hydrogens is 565 g/mol. The molecule has 4 rings (SSSR count). The number of aromatic nitrogens is 1. The molecule has 2 fully saturated rings. The normalized spacial score (nSPS) is 20.5. The number of hydrogen-bond donors (Lipinski definition) is 2. The third-order valence-electron chi connectivity index (χ3n) is 7.11. The Morgan fingerprint density at radius 2 is 1.78 bits per heavy atom. The number of fused-ring (bicyclic) bond motifs is 2. The van der Waals surface area contributed by atoms with Gasteiger partial charge in [-0.05, 0) is 63.8 Å². The summed E-state index contributed by atoms with van der Waals surface area (Å²) in [7, 11) is 1.57. The first-order valence-electron chi connectivity index (χ1n) is 13.4. The van der Waals surface area contributed by atoms with Crippen LogP contribution in [0.25, 0.3) is 0 Å². The molecule has 2 aromatic rings. The lowest BCUT2D eigenvalue weighted by atomic mass is 9.96. The van der Waals surface area contributed by atoms with E-state index in [1.54, 1.807) is 51.3 Å². The predicted octanol–water partition coefficient (Wildman–Crippen LogP) is 4.53. The zero-order valence-corrected chi connectivity index (χ0v) is 23.8. The molecular formula is C28H34ClF3N4O5. The van der Waals surface area contributed by atoms with E-state index in [4.69, 9.17) is 25.8 Å². The van der Waals surface area contributed by atoms with E-state index >= 15 is 0 Å². The molecule has 1 aromatic carbocycles. The van der Waals surface area contributed by atoms with Crippen LogP contribution in [0.1, 0.15) is 50.0 Å². The van der Waals surface area contributed by atoms with Crippen LogP contribution in [0.4, 0.5) is 19.0 Å². The number of halogens is 4. The molecule has 9 nitrogen and oxygen atoms in total. The maximum Gasteiger partial charge on any atom is 0.405 e. The van der Waals surface area contributed by atoms with Gasteiger partial charge in [-0.25, -0.2) is 4.98 Å². The minimum atomic E-state index is -4.51. The molecule has 2 amide bonds. The Morgan fingerprint density at radius 3 is 2.44 bits per heavy atom. The quantitative estimate of drug-likeness (QED) is 0.367. The van der Waals surface area contributed by atoms with Gasteiger partial charge in [0.2, 0.25) is 0 Å². The molecule has 2 N–H and O–H groups in total. The molecule has 2 aliphatic heterocycles. The van der Waals surface area contributed by atoms with Crippen LogP contribution in [0.2, 0.25) is 5.02 Å². The number of methoxy groups -OCH3 is 1. The van der Waals surface area contributed by atoms with E-state index in [2.05, 4.69) is 15.2 Å². The number of carbonyl (C=O) groups is 2. The Balaban J connectivity index is 1.38. The fourth-order valence-electron chi connectivity index (χ4n) is 5.23. The zero-order chi connectivity index (χ0) is 29.8. The summed E-state index contributed by atoms with van der Waals surface area (Å²) in [4.78, 5) is 32.0. The van der Waals surface area contributed by atoms with Crippen molar-refractivity contribution < 1.29 is 37.0 Å². The summed E-state index contributed by atoms with van der Waals surface area (Å²) >= 11 is 6.12. The van der Waals surface area contributed by atoms with Crippen molar-refractivity contribution in [1.82, 2.24) is 15.6 Å². The number of rotatable bonds is 11. The van der Waals surface area contributed by atoms with Gasteiger partial charge in [0.25, 0.3) is 11.8 Å². The average Bonchev–Trinajstić information content (AvgIpc) is 3.18. The first-order valence-corrected chi connectivity index (χ1v) is 13.8. The van der Waals surface area contributed by atoms with Crippen LogP contribution in [0.5, 0.6) is 11.5 Å². The Morgan fingerprint density at radius 1 is 1.07 bits per heavy atom. The largest absolute Gasteiger partial charge is 0.487 e. The van der Waals surface area contributed by atoms with Crippen molar-refractivity contribution in [2.75, 3.05) is 31.8 Å². The second kappa shape index (κ2) is 12.7. The van der Waals surface area contributed by atoms with Crippen molar-refractivity contribution in [3.63, 3.8) is 0 Å². The predicted molar refractivity (Wildman–Crippen MR) is 147 cm³/mol. The van der Waals surface area contributed by atoms with E-state index < -0.39 is 24.2 Å². The molecule has 3 atom stereocenters. The molecule has 13 heteroatoms. The highest BCUT2D eigenvalue weighted by Gasteiger charge is 2.43. The van der Waals surface area contributed by atoms with Gasteiger partial charge >= 0.3 is 6.18 Å². The number of pyridine rings is 1. The third kappa shape index (κ3) is 7.94. The lowest BCUT2D eigenvalue weighted by molar-refractivity contribution is -0.135. The van der Waals surface area contributed by atoms with Gasteiger partial charge in [0.15, 0.2) is 17.1 Å². The van der Waals surface area contributed by atoms with Gasteiger partial charge in [0.05, 0.1) is 6.61 Å². The SMILES string of the molecule is COCCOc1cc(Cl)ccc1OC(C)(C)C(=O)N[C@H]1C[C@H]2CC[C@@H](C1)N2c1cccc(C(=O)NCC(F)(F)F)n1. The molecule has 0 unspecified atom stereocenters. The second-order valence-corrected chi connectivity index (χ2v) is 11.1. The Kier molecular flexibility index (Phi) is 9.53. The van der Waals surface area contributed by atoms with Crippen molar-refractivity contribution in [1.29, 1.82) is 0 Å². The molecule has 0 saturated carbocycles. The van der Waals surface area contributed by atoms with Crippen molar-refractivity contribution in [3.8, 4) is 11.5 Å². The molecule has 224 valence electrons. The highest BCUT2D eigenvalue weighted by Crippen LogP contribution is 2.39. The van der Waals surface area contributed by atoms with Gasteiger partial charge < -0.3 is 29.7 Å². The number of alkyl halides is 3. The molecule has 0 radical (unpaired) electrons. The van der Waals surface area contributed by atoms with Gasteiger partial charge in [0, 0.05) is 36.3 Å². The monoisotopic (exact) mass is 598 g/mol. The number of carbonyl (C=O) groups excluding carboxylic acids is 2. The van der Waals surface area contributed by atoms with Crippen LogP contribution >= 0.6 is 11.6 Å². The molecule has 0 aliphatic carbocycles. The van der Waals surface area contributed by atoms with E-state index in [0.717, 1.165) is 12.8 Å². The molecule has 3 heterocycles. The molecule has 1 aromatic heterocycles. The Labute approximate surface area is 241 Å². The zero-order valence-electron chi connectivity index (χ0n) is 23.1. The van der Waals surface area contributed by atoms with E-state index in [9.17, 15) is 22.8 Å². The summed E-state index contributed by atoms with van der Waals surface area (Å²) in [6.07, 6.45) is -1.47. The van der Waals surface area contributed by atoms with Gasteiger partial charge in [-0.15, -0.1) is 0 Å². The summed E-state index contributed by atoms with van der Waals surface area (Å²) in [5.41, 5.74) is -1.29. The number of amides is 2. The van der Waals surface area contributed by atoms with Gasteiger partial charge in [-0.2, -0.15) is 13.2 Å². The van der Waals surface area contributed by atoms with Crippen molar-refractivity contribution in [2.45, 2.75) is 69.4 Å². The van der Waals surface area contributed by atoms with Crippen LogP contribution in [-0.2, 0) is 9.53 Å². The summed E-state index contributed by atoms with van der Waals surface area (Å²) < 4.78 is 54.4. The maximum absolute atomic E-state index is 13.3. The highest BCUT2D eigenvalue weighted by molar-refractivity contribution is 6.30.